The van der Waals surface area contributed by atoms with Crippen molar-refractivity contribution < 1.29 is 41.4 Å². The lowest BCUT2D eigenvalue weighted by molar-refractivity contribution is -0.167. The number of fused-ring (bicyclic) bond motifs is 1. The molecular weight excluding hydrogens is 616 g/mol. The number of aromatic nitrogens is 2. The molecule has 1 amide bonds. The Labute approximate surface area is 260 Å². The first-order valence-electron chi connectivity index (χ1n) is 14.4. The van der Waals surface area contributed by atoms with Gasteiger partial charge in [-0.25, -0.2) is 18.5 Å². The van der Waals surface area contributed by atoms with Crippen molar-refractivity contribution in [3.05, 3.63) is 91.0 Å². The zero-order chi connectivity index (χ0) is 33.3. The van der Waals surface area contributed by atoms with E-state index in [2.05, 4.69) is 5.32 Å². The van der Waals surface area contributed by atoms with Crippen molar-refractivity contribution in [1.29, 1.82) is 0 Å². The van der Waals surface area contributed by atoms with Crippen molar-refractivity contribution in [3.8, 4) is 5.69 Å². The van der Waals surface area contributed by atoms with Crippen molar-refractivity contribution in [2.45, 2.75) is 44.6 Å². The van der Waals surface area contributed by atoms with Gasteiger partial charge in [0.2, 0.25) is 0 Å². The van der Waals surface area contributed by atoms with Gasteiger partial charge in [-0.1, -0.05) is 12.1 Å². The van der Waals surface area contributed by atoms with Gasteiger partial charge in [0, 0.05) is 37.8 Å². The molecule has 246 valence electrons. The maximum Gasteiger partial charge on any atom is 0.411 e. The molecule has 0 unspecified atom stereocenters. The topological polar surface area (TPSA) is 121 Å². The molecule has 0 bridgehead atoms. The van der Waals surface area contributed by atoms with Crippen molar-refractivity contribution >= 4 is 17.6 Å². The number of ether oxygens (including phenoxy) is 3. The van der Waals surface area contributed by atoms with Crippen LogP contribution in [0.15, 0.2) is 46.0 Å². The summed E-state index contributed by atoms with van der Waals surface area (Å²) in [4.78, 5) is 53.0. The van der Waals surface area contributed by atoms with Crippen LogP contribution in [0.25, 0.3) is 5.69 Å². The molecule has 1 saturated heterocycles. The number of anilines is 1. The van der Waals surface area contributed by atoms with Crippen LogP contribution in [0.1, 0.15) is 32.7 Å². The summed E-state index contributed by atoms with van der Waals surface area (Å²) < 4.78 is 73.7. The predicted molar refractivity (Wildman–Crippen MR) is 157 cm³/mol. The summed E-state index contributed by atoms with van der Waals surface area (Å²) in [6.45, 7) is 1.17. The SMILES string of the molecule is COC(=O)[C@H](Cc1ccc(-n2c(=O)c3c(n(C)c2=O)CCOC3)cc1)NC(=O)c1c(C)cc(N2CCOC[C@@H]2C(F)(F)F)cc1F. The van der Waals surface area contributed by atoms with Crippen LogP contribution in [0.4, 0.5) is 23.2 Å². The zero-order valence-corrected chi connectivity index (χ0v) is 25.3. The molecule has 2 aliphatic heterocycles. The minimum absolute atomic E-state index is 0.0208. The van der Waals surface area contributed by atoms with Gasteiger partial charge in [-0.15, -0.1) is 0 Å². The standard InChI is InChI=1S/C31H32F4N4O7/c1-17-12-20(38-9-11-46-16-25(38)31(33,34)35)14-22(32)26(17)27(40)36-23(29(42)44-3)13-18-4-6-19(7-5-18)39-28(41)21-15-45-10-8-24(21)37(2)30(39)43/h4-7,12,14,23,25H,8-11,13,15-16H2,1-3H3,(H,36,40)/t23-,25+/m0/s1. The lowest BCUT2D eigenvalue weighted by Gasteiger charge is -2.38. The number of benzene rings is 2. The maximum atomic E-state index is 15.3. The van der Waals surface area contributed by atoms with Crippen LogP contribution < -0.4 is 21.5 Å². The van der Waals surface area contributed by atoms with Crippen molar-refractivity contribution in [1.82, 2.24) is 14.5 Å². The van der Waals surface area contributed by atoms with E-state index in [4.69, 9.17) is 14.2 Å². The number of halogens is 4. The van der Waals surface area contributed by atoms with Crippen LogP contribution in [0.2, 0.25) is 0 Å². The predicted octanol–water partition coefficient (Wildman–Crippen LogP) is 2.34. The molecule has 46 heavy (non-hydrogen) atoms. The third-order valence-electron chi connectivity index (χ3n) is 8.18. The number of carbonyl (C=O) groups is 2. The minimum Gasteiger partial charge on any atom is -0.467 e. The molecule has 2 atom stereocenters. The van der Waals surface area contributed by atoms with Crippen molar-refractivity contribution in [3.63, 3.8) is 0 Å². The maximum absolute atomic E-state index is 15.3. The fourth-order valence-electron chi connectivity index (χ4n) is 5.79. The number of carbonyl (C=O) groups excluding carboxylic acids is 2. The highest BCUT2D eigenvalue weighted by molar-refractivity contribution is 5.98. The number of nitrogens with one attached hydrogen (secondary N) is 1. The third kappa shape index (κ3) is 6.42. The smallest absolute Gasteiger partial charge is 0.411 e. The summed E-state index contributed by atoms with van der Waals surface area (Å²) in [5.41, 5.74) is 0.385. The van der Waals surface area contributed by atoms with Crippen LogP contribution in [-0.2, 0) is 45.5 Å². The normalized spacial score (nSPS) is 17.3. The number of aryl methyl sites for hydroxylation is 1. The number of morpholine rings is 1. The summed E-state index contributed by atoms with van der Waals surface area (Å²) >= 11 is 0. The second kappa shape index (κ2) is 13.1. The Morgan fingerprint density at radius 1 is 1.09 bits per heavy atom. The molecule has 0 spiro atoms. The first kappa shape index (κ1) is 32.9. The first-order valence-corrected chi connectivity index (χ1v) is 14.4. The van der Waals surface area contributed by atoms with Crippen LogP contribution in [-0.4, -0.2) is 72.7 Å². The number of esters is 1. The summed E-state index contributed by atoms with van der Waals surface area (Å²) in [7, 11) is 2.70. The van der Waals surface area contributed by atoms with Gasteiger partial charge >= 0.3 is 17.8 Å². The molecule has 3 aromatic rings. The van der Waals surface area contributed by atoms with Gasteiger partial charge in [-0.3, -0.25) is 14.2 Å². The number of amides is 1. The Hall–Kier alpha value is -4.50. The van der Waals surface area contributed by atoms with E-state index in [1.165, 1.54) is 29.7 Å². The molecule has 1 N–H and O–H groups in total. The van der Waals surface area contributed by atoms with Gasteiger partial charge in [0.05, 0.1) is 50.4 Å². The van der Waals surface area contributed by atoms with Crippen molar-refractivity contribution in [2.24, 2.45) is 7.05 Å². The average molecular weight is 649 g/mol. The Morgan fingerprint density at radius 3 is 2.46 bits per heavy atom. The second-order valence-electron chi connectivity index (χ2n) is 11.1. The van der Waals surface area contributed by atoms with Crippen LogP contribution in [0.3, 0.4) is 0 Å². The summed E-state index contributed by atoms with van der Waals surface area (Å²) in [5.74, 6) is -2.85. The molecule has 15 heteroatoms. The molecule has 5 rings (SSSR count). The number of hydrogen-bond acceptors (Lipinski definition) is 8. The number of hydrogen-bond donors (Lipinski definition) is 1. The Kier molecular flexibility index (Phi) is 9.35. The highest BCUT2D eigenvalue weighted by atomic mass is 19.4. The van der Waals surface area contributed by atoms with E-state index >= 15 is 4.39 Å². The number of alkyl halides is 3. The van der Waals surface area contributed by atoms with E-state index in [-0.39, 0.29) is 43.1 Å². The molecule has 3 heterocycles. The summed E-state index contributed by atoms with van der Waals surface area (Å²) in [5, 5.41) is 2.46. The van der Waals surface area contributed by atoms with Crippen LogP contribution >= 0.6 is 0 Å². The van der Waals surface area contributed by atoms with E-state index in [1.807, 2.05) is 0 Å². The molecule has 11 nitrogen and oxygen atoms in total. The molecular formula is C31H32F4N4O7. The lowest BCUT2D eigenvalue weighted by Crippen LogP contribution is -2.53. The molecule has 0 aliphatic carbocycles. The zero-order valence-electron chi connectivity index (χ0n) is 25.3. The van der Waals surface area contributed by atoms with E-state index in [0.29, 0.717) is 29.8 Å². The largest absolute Gasteiger partial charge is 0.467 e. The average Bonchev–Trinajstić information content (AvgIpc) is 3.03. The van der Waals surface area contributed by atoms with Crippen molar-refractivity contribution in [2.75, 3.05) is 38.4 Å². The van der Waals surface area contributed by atoms with E-state index in [9.17, 15) is 32.3 Å². The van der Waals surface area contributed by atoms with E-state index < -0.39 is 59.4 Å². The fourth-order valence-corrected chi connectivity index (χ4v) is 5.79. The Morgan fingerprint density at radius 2 is 1.80 bits per heavy atom. The van der Waals surface area contributed by atoms with E-state index in [0.717, 1.165) is 22.6 Å². The van der Waals surface area contributed by atoms with Gasteiger partial charge in [0.1, 0.15) is 17.9 Å². The second-order valence-corrected chi connectivity index (χ2v) is 11.1. The molecule has 2 aliphatic rings. The number of nitrogens with zero attached hydrogens (tertiary/aromatic N) is 3. The Bertz CT molecular complexity index is 1750. The van der Waals surface area contributed by atoms with Gasteiger partial charge in [0.25, 0.3) is 11.5 Å². The molecule has 0 radical (unpaired) electrons. The third-order valence-corrected chi connectivity index (χ3v) is 8.18. The fraction of sp³-hybridized carbons (Fsp3) is 0.419. The monoisotopic (exact) mass is 648 g/mol. The van der Waals surface area contributed by atoms with Gasteiger partial charge in [0.15, 0.2) is 0 Å². The van der Waals surface area contributed by atoms with Gasteiger partial charge in [-0.2, -0.15) is 13.2 Å². The number of methoxy groups -OCH3 is 1. The lowest BCUT2D eigenvalue weighted by atomic mass is 10.0. The van der Waals surface area contributed by atoms with Crippen LogP contribution in [0, 0.1) is 12.7 Å². The molecule has 1 fully saturated rings. The van der Waals surface area contributed by atoms with E-state index in [1.54, 1.807) is 19.2 Å². The molecule has 1 aromatic heterocycles. The molecule has 0 saturated carbocycles. The minimum atomic E-state index is -4.62. The highest BCUT2D eigenvalue weighted by Crippen LogP contribution is 2.33. The Balaban J connectivity index is 1.36. The van der Waals surface area contributed by atoms with Gasteiger partial charge < -0.3 is 24.4 Å². The van der Waals surface area contributed by atoms with Gasteiger partial charge in [-0.05, 0) is 42.3 Å². The molecule has 2 aromatic carbocycles. The number of rotatable bonds is 7. The van der Waals surface area contributed by atoms with Crippen LogP contribution in [0.5, 0.6) is 0 Å². The highest BCUT2D eigenvalue weighted by Gasteiger charge is 2.45. The summed E-state index contributed by atoms with van der Waals surface area (Å²) in [6, 6.07) is 5.08. The summed E-state index contributed by atoms with van der Waals surface area (Å²) in [6.07, 6.45) is -4.27. The quantitative estimate of drug-likeness (QED) is 0.306. The first-order chi connectivity index (χ1) is 21.8.